The predicted molar refractivity (Wildman–Crippen MR) is 60.5 cm³/mol. The third kappa shape index (κ3) is 2.93. The minimum Gasteiger partial charge on any atom is -0.324 e. The van der Waals surface area contributed by atoms with Crippen LogP contribution in [0.3, 0.4) is 0 Å². The average molecular weight is 258 g/mol. The van der Waals surface area contributed by atoms with E-state index in [9.17, 15) is 4.39 Å². The second-order valence-corrected chi connectivity index (χ2v) is 4.29. The molecular weight excluding hydrogens is 245 g/mol. The summed E-state index contributed by atoms with van der Waals surface area (Å²) >= 11 is 3.29. The van der Waals surface area contributed by atoms with Gasteiger partial charge in [0.05, 0.1) is 0 Å². The van der Waals surface area contributed by atoms with Gasteiger partial charge in [-0.1, -0.05) is 27.6 Å². The van der Waals surface area contributed by atoms with Gasteiger partial charge in [-0.2, -0.15) is 0 Å². The highest BCUT2D eigenvalue weighted by Gasteiger charge is 2.10. The largest absolute Gasteiger partial charge is 0.324 e. The topological polar surface area (TPSA) is 26.0 Å². The molecule has 0 heterocycles. The van der Waals surface area contributed by atoms with Crippen molar-refractivity contribution in [2.45, 2.75) is 19.4 Å². The lowest BCUT2D eigenvalue weighted by Crippen LogP contribution is -2.11. The maximum absolute atomic E-state index is 12.8. The summed E-state index contributed by atoms with van der Waals surface area (Å²) in [6, 6.07) is 4.42. The fourth-order valence-electron chi connectivity index (χ4n) is 1.29. The van der Waals surface area contributed by atoms with Crippen LogP contribution in [0.2, 0.25) is 0 Å². The summed E-state index contributed by atoms with van der Waals surface area (Å²) < 4.78 is 13.5. The average Bonchev–Trinajstić information content (AvgIpc) is 2.01. The van der Waals surface area contributed by atoms with E-state index in [4.69, 9.17) is 5.73 Å². The fourth-order valence-corrected chi connectivity index (χ4v) is 1.93. The molecule has 2 N–H and O–H groups in total. The van der Waals surface area contributed by atoms with Crippen LogP contribution in [0, 0.1) is 5.82 Å². The molecule has 1 aromatic carbocycles. The van der Waals surface area contributed by atoms with Crippen molar-refractivity contribution in [1.82, 2.24) is 0 Å². The summed E-state index contributed by atoms with van der Waals surface area (Å²) in [5.74, 6) is -0.261. The Labute approximate surface area is 91.9 Å². The van der Waals surface area contributed by atoms with E-state index in [1.807, 2.05) is 6.92 Å². The van der Waals surface area contributed by atoms with Gasteiger partial charge in [-0.15, -0.1) is 6.58 Å². The van der Waals surface area contributed by atoms with E-state index < -0.39 is 0 Å². The predicted octanol–water partition coefficient (Wildman–Crippen LogP) is 3.55. The molecule has 1 nitrogen and oxygen atoms in total. The summed E-state index contributed by atoms with van der Waals surface area (Å²) in [6.45, 7) is 5.73. The van der Waals surface area contributed by atoms with E-state index >= 15 is 0 Å². The lowest BCUT2D eigenvalue weighted by molar-refractivity contribution is 0.622. The van der Waals surface area contributed by atoms with Crippen LogP contribution in [-0.2, 0) is 0 Å². The summed E-state index contributed by atoms with van der Waals surface area (Å²) in [7, 11) is 0. The van der Waals surface area contributed by atoms with Gasteiger partial charge >= 0.3 is 0 Å². The van der Waals surface area contributed by atoms with Crippen molar-refractivity contribution in [3.63, 3.8) is 0 Å². The quantitative estimate of drug-likeness (QED) is 0.824. The van der Waals surface area contributed by atoms with E-state index in [0.29, 0.717) is 10.9 Å². The molecule has 0 saturated heterocycles. The van der Waals surface area contributed by atoms with Gasteiger partial charge in [0.1, 0.15) is 5.82 Å². The normalized spacial score (nSPS) is 12.6. The number of hydrogen-bond acceptors (Lipinski definition) is 1. The number of benzene rings is 1. The third-order valence-electron chi connectivity index (χ3n) is 1.93. The Bertz CT molecular complexity index is 349. The zero-order valence-corrected chi connectivity index (χ0v) is 9.64. The molecule has 0 aromatic heterocycles. The van der Waals surface area contributed by atoms with E-state index in [-0.39, 0.29) is 11.9 Å². The zero-order valence-electron chi connectivity index (χ0n) is 8.06. The van der Waals surface area contributed by atoms with Gasteiger partial charge in [0, 0.05) is 10.5 Å². The minimum atomic E-state index is -0.261. The first-order chi connectivity index (χ1) is 6.50. The highest BCUT2D eigenvalue weighted by Crippen LogP contribution is 2.26. The molecule has 0 aliphatic heterocycles. The Morgan fingerprint density at radius 3 is 2.79 bits per heavy atom. The van der Waals surface area contributed by atoms with E-state index in [1.165, 1.54) is 12.1 Å². The fraction of sp³-hybridized carbons (Fsp3) is 0.273. The molecule has 14 heavy (non-hydrogen) atoms. The molecule has 0 aliphatic carbocycles. The van der Waals surface area contributed by atoms with E-state index in [2.05, 4.69) is 22.5 Å². The molecular formula is C11H13BrFN. The number of rotatable bonds is 3. The van der Waals surface area contributed by atoms with Crippen molar-refractivity contribution in [3.05, 3.63) is 46.2 Å². The van der Waals surface area contributed by atoms with Gasteiger partial charge in [0.25, 0.3) is 0 Å². The van der Waals surface area contributed by atoms with Crippen LogP contribution in [0.4, 0.5) is 4.39 Å². The number of hydrogen-bond donors (Lipinski definition) is 1. The first-order valence-electron chi connectivity index (χ1n) is 4.35. The molecule has 1 aromatic rings. The Kier molecular flexibility index (Phi) is 3.84. The van der Waals surface area contributed by atoms with E-state index in [0.717, 1.165) is 11.1 Å². The molecule has 0 radical (unpaired) electrons. The maximum atomic E-state index is 12.8. The van der Waals surface area contributed by atoms with Gasteiger partial charge < -0.3 is 5.73 Å². The lowest BCUT2D eigenvalue weighted by atomic mass is 10.0. The molecule has 0 fully saturated rings. The first kappa shape index (κ1) is 11.4. The summed E-state index contributed by atoms with van der Waals surface area (Å²) in [5, 5.41) is 0. The summed E-state index contributed by atoms with van der Waals surface area (Å²) in [4.78, 5) is 0. The Hall–Kier alpha value is -0.670. The van der Waals surface area contributed by atoms with E-state index in [1.54, 1.807) is 6.07 Å². The van der Waals surface area contributed by atoms with Gasteiger partial charge in [-0.05, 0) is 31.0 Å². The Balaban J connectivity index is 2.90. The molecule has 76 valence electrons. The van der Waals surface area contributed by atoms with Gasteiger partial charge in [-0.3, -0.25) is 0 Å². The molecule has 3 heteroatoms. The second-order valence-electron chi connectivity index (χ2n) is 3.43. The van der Waals surface area contributed by atoms with Crippen molar-refractivity contribution >= 4 is 15.9 Å². The second kappa shape index (κ2) is 4.71. The van der Waals surface area contributed by atoms with Crippen molar-refractivity contribution in [1.29, 1.82) is 0 Å². The van der Waals surface area contributed by atoms with Crippen LogP contribution >= 0.6 is 15.9 Å². The van der Waals surface area contributed by atoms with Crippen molar-refractivity contribution in [2.24, 2.45) is 5.73 Å². The molecule has 0 saturated carbocycles. The van der Waals surface area contributed by atoms with Gasteiger partial charge in [-0.25, -0.2) is 4.39 Å². The van der Waals surface area contributed by atoms with Crippen molar-refractivity contribution in [2.75, 3.05) is 0 Å². The molecule has 0 aliphatic rings. The van der Waals surface area contributed by atoms with Crippen LogP contribution in [-0.4, -0.2) is 0 Å². The van der Waals surface area contributed by atoms with Gasteiger partial charge in [0.15, 0.2) is 0 Å². The lowest BCUT2D eigenvalue weighted by Gasteiger charge is -2.13. The highest BCUT2D eigenvalue weighted by atomic mass is 79.9. The van der Waals surface area contributed by atoms with Crippen LogP contribution in [0.5, 0.6) is 0 Å². The van der Waals surface area contributed by atoms with Crippen LogP contribution in [0.1, 0.15) is 24.9 Å². The SMILES string of the molecule is C=C(C)CC(N)c1ccc(F)cc1Br. The highest BCUT2D eigenvalue weighted by molar-refractivity contribution is 9.10. The summed E-state index contributed by atoms with van der Waals surface area (Å²) in [6.07, 6.45) is 0.713. The van der Waals surface area contributed by atoms with Crippen molar-refractivity contribution < 1.29 is 4.39 Å². The molecule has 1 atom stereocenters. The van der Waals surface area contributed by atoms with Crippen LogP contribution in [0.25, 0.3) is 0 Å². The number of nitrogens with two attached hydrogens (primary N) is 1. The number of halogens is 2. The smallest absolute Gasteiger partial charge is 0.124 e. The minimum absolute atomic E-state index is 0.123. The third-order valence-corrected chi connectivity index (χ3v) is 2.62. The standard InChI is InChI=1S/C11H13BrFN/c1-7(2)5-11(14)9-4-3-8(13)6-10(9)12/h3-4,6,11H,1,5,14H2,2H3. The Morgan fingerprint density at radius 2 is 2.29 bits per heavy atom. The van der Waals surface area contributed by atoms with Crippen LogP contribution < -0.4 is 5.73 Å². The van der Waals surface area contributed by atoms with Crippen LogP contribution in [0.15, 0.2) is 34.8 Å². The molecule has 1 rings (SSSR count). The van der Waals surface area contributed by atoms with Crippen molar-refractivity contribution in [3.8, 4) is 0 Å². The van der Waals surface area contributed by atoms with Gasteiger partial charge in [0.2, 0.25) is 0 Å². The monoisotopic (exact) mass is 257 g/mol. The molecule has 0 amide bonds. The Morgan fingerprint density at radius 1 is 1.64 bits per heavy atom. The zero-order chi connectivity index (χ0) is 10.7. The molecule has 1 unspecified atom stereocenters. The molecule has 0 spiro atoms. The maximum Gasteiger partial charge on any atom is 0.124 e. The molecule has 0 bridgehead atoms. The first-order valence-corrected chi connectivity index (χ1v) is 5.15. The summed E-state index contributed by atoms with van der Waals surface area (Å²) in [5.41, 5.74) is 7.87.